The molecule has 0 radical (unpaired) electrons. The van der Waals surface area contributed by atoms with Gasteiger partial charge in [-0.2, -0.15) is 0 Å². The number of fused-ring (bicyclic) bond motifs is 2. The second-order valence-corrected chi connectivity index (χ2v) is 9.13. The molecule has 35 heavy (non-hydrogen) atoms. The number of rotatable bonds is 4. The lowest BCUT2D eigenvalue weighted by Gasteiger charge is -2.25. The van der Waals surface area contributed by atoms with Crippen molar-refractivity contribution in [3.05, 3.63) is 135 Å². The number of ether oxygens (including phenoxy) is 1. The summed E-state index contributed by atoms with van der Waals surface area (Å²) < 4.78 is 12.9. The summed E-state index contributed by atoms with van der Waals surface area (Å²) in [4.78, 5) is 29.0. The van der Waals surface area contributed by atoms with Gasteiger partial charge in [-0.05, 0) is 66.2 Å². The van der Waals surface area contributed by atoms with Crippen LogP contribution in [0, 0.1) is 0 Å². The molecule has 1 aromatic heterocycles. The number of carbonyl (C=O) groups excluding carboxylic acids is 1. The first-order valence-corrected chi connectivity index (χ1v) is 11.9. The Hall–Kier alpha value is -4.16. The largest absolute Gasteiger partial charge is 0.457 e. The van der Waals surface area contributed by atoms with Crippen molar-refractivity contribution in [2.75, 3.05) is 4.90 Å². The highest BCUT2D eigenvalue weighted by molar-refractivity contribution is 9.10. The third-order valence-corrected chi connectivity index (χ3v) is 6.56. The number of halogens is 1. The fraction of sp³-hybridized carbons (Fsp3) is 0.0345. The van der Waals surface area contributed by atoms with Crippen molar-refractivity contribution in [3.8, 4) is 11.5 Å². The Bertz CT molecular complexity index is 1630. The minimum atomic E-state index is -0.668. The van der Waals surface area contributed by atoms with Crippen LogP contribution in [0.3, 0.4) is 0 Å². The number of anilines is 1. The number of hydrogen-bond donors (Lipinski definition) is 0. The summed E-state index contributed by atoms with van der Waals surface area (Å²) in [5, 5.41) is 0.443. The smallest absolute Gasteiger partial charge is 0.295 e. The summed E-state index contributed by atoms with van der Waals surface area (Å²) in [7, 11) is 0. The number of amides is 1. The molecule has 1 aliphatic rings. The van der Waals surface area contributed by atoms with E-state index in [0.29, 0.717) is 33.7 Å². The molecule has 0 N–H and O–H groups in total. The van der Waals surface area contributed by atoms with Crippen LogP contribution >= 0.6 is 15.9 Å². The van der Waals surface area contributed by atoms with Gasteiger partial charge in [0.25, 0.3) is 5.91 Å². The molecule has 0 fully saturated rings. The van der Waals surface area contributed by atoms with E-state index in [1.165, 1.54) is 0 Å². The van der Waals surface area contributed by atoms with Gasteiger partial charge >= 0.3 is 0 Å². The van der Waals surface area contributed by atoms with Crippen LogP contribution in [0.1, 0.15) is 27.7 Å². The minimum Gasteiger partial charge on any atom is -0.457 e. The molecule has 1 aliphatic heterocycles. The van der Waals surface area contributed by atoms with Gasteiger partial charge in [-0.3, -0.25) is 14.5 Å². The van der Waals surface area contributed by atoms with Gasteiger partial charge in [0.15, 0.2) is 5.43 Å². The molecule has 4 aromatic carbocycles. The fourth-order valence-electron chi connectivity index (χ4n) is 4.48. The van der Waals surface area contributed by atoms with Crippen LogP contribution in [-0.4, -0.2) is 5.91 Å². The zero-order valence-electron chi connectivity index (χ0n) is 18.4. The molecule has 6 rings (SSSR count). The van der Waals surface area contributed by atoms with Crippen molar-refractivity contribution in [1.82, 2.24) is 0 Å². The molecule has 0 spiro atoms. The molecule has 2 heterocycles. The maximum atomic E-state index is 13.7. The Labute approximate surface area is 209 Å². The lowest BCUT2D eigenvalue weighted by atomic mass is 9.98. The van der Waals surface area contributed by atoms with Crippen molar-refractivity contribution in [2.45, 2.75) is 6.04 Å². The van der Waals surface area contributed by atoms with Crippen LogP contribution in [0.2, 0.25) is 0 Å². The van der Waals surface area contributed by atoms with Gasteiger partial charge in [-0.1, -0.05) is 58.4 Å². The SMILES string of the molecule is O=C1c2oc3ccccc3c(=O)c2C(c2cccc(Oc3ccccc3)c2)N1c1ccc(Br)cc1. The Morgan fingerprint density at radius 3 is 2.29 bits per heavy atom. The molecule has 0 aliphatic carbocycles. The molecular weight excluding hydrogens is 506 g/mol. The van der Waals surface area contributed by atoms with Gasteiger partial charge in [0.05, 0.1) is 17.0 Å². The van der Waals surface area contributed by atoms with Crippen molar-refractivity contribution >= 4 is 38.5 Å². The molecule has 5 nitrogen and oxygen atoms in total. The minimum absolute atomic E-state index is 0.0657. The lowest BCUT2D eigenvalue weighted by molar-refractivity contribution is 0.0971. The highest BCUT2D eigenvalue weighted by Gasteiger charge is 2.43. The Kier molecular flexibility index (Phi) is 5.23. The van der Waals surface area contributed by atoms with Crippen LogP contribution < -0.4 is 15.1 Å². The third kappa shape index (κ3) is 3.72. The van der Waals surface area contributed by atoms with Crippen LogP contribution in [-0.2, 0) is 0 Å². The maximum Gasteiger partial charge on any atom is 0.295 e. The van der Waals surface area contributed by atoms with E-state index in [1.807, 2.05) is 78.9 Å². The Morgan fingerprint density at radius 1 is 0.771 bits per heavy atom. The number of nitrogens with zero attached hydrogens (tertiary/aromatic N) is 1. The fourth-order valence-corrected chi connectivity index (χ4v) is 4.74. The summed E-state index contributed by atoms with van der Waals surface area (Å²) in [6.45, 7) is 0. The summed E-state index contributed by atoms with van der Waals surface area (Å²) in [6.07, 6.45) is 0. The monoisotopic (exact) mass is 523 g/mol. The third-order valence-electron chi connectivity index (χ3n) is 6.04. The van der Waals surface area contributed by atoms with Crippen molar-refractivity contribution in [3.63, 3.8) is 0 Å². The average Bonchev–Trinajstić information content (AvgIpc) is 3.18. The van der Waals surface area contributed by atoms with Crippen LogP contribution in [0.5, 0.6) is 11.5 Å². The van der Waals surface area contributed by atoms with E-state index in [2.05, 4.69) is 15.9 Å². The zero-order chi connectivity index (χ0) is 23.9. The predicted octanol–water partition coefficient (Wildman–Crippen LogP) is 7.10. The molecule has 6 heteroatoms. The summed E-state index contributed by atoms with van der Waals surface area (Å²) in [5.41, 5.74) is 1.91. The van der Waals surface area contributed by atoms with E-state index in [1.54, 1.807) is 29.2 Å². The predicted molar refractivity (Wildman–Crippen MR) is 138 cm³/mol. The van der Waals surface area contributed by atoms with Crippen molar-refractivity contribution in [2.24, 2.45) is 0 Å². The number of carbonyl (C=O) groups is 1. The molecule has 170 valence electrons. The first kappa shape index (κ1) is 21.4. The maximum absolute atomic E-state index is 13.7. The summed E-state index contributed by atoms with van der Waals surface area (Å²) >= 11 is 3.45. The van der Waals surface area contributed by atoms with Gasteiger partial charge in [0.2, 0.25) is 5.76 Å². The topological polar surface area (TPSA) is 59.8 Å². The second kappa shape index (κ2) is 8.56. The van der Waals surface area contributed by atoms with Crippen molar-refractivity contribution < 1.29 is 13.9 Å². The molecule has 0 saturated heterocycles. The van der Waals surface area contributed by atoms with E-state index >= 15 is 0 Å². The van der Waals surface area contributed by atoms with Gasteiger partial charge in [-0.25, -0.2) is 0 Å². The van der Waals surface area contributed by atoms with Gasteiger partial charge in [0, 0.05) is 10.2 Å². The molecule has 1 unspecified atom stereocenters. The normalized spacial score (nSPS) is 14.8. The zero-order valence-corrected chi connectivity index (χ0v) is 19.9. The van der Waals surface area contributed by atoms with Crippen LogP contribution in [0.4, 0.5) is 5.69 Å². The van der Waals surface area contributed by atoms with Crippen molar-refractivity contribution in [1.29, 1.82) is 0 Å². The number of hydrogen-bond acceptors (Lipinski definition) is 4. The first-order chi connectivity index (χ1) is 17.1. The molecule has 0 bridgehead atoms. The van der Waals surface area contributed by atoms with E-state index in [4.69, 9.17) is 9.15 Å². The average molecular weight is 524 g/mol. The quantitative estimate of drug-likeness (QED) is 0.252. The van der Waals surface area contributed by atoms with E-state index in [0.717, 1.165) is 10.0 Å². The standard InChI is InChI=1S/C29H18BrNO4/c30-19-13-15-20(16-14-19)31-26(18-7-6-10-22(17-18)34-21-8-2-1-3-9-21)25-27(32)23-11-4-5-12-24(23)35-28(25)29(31)33/h1-17,26H. The van der Waals surface area contributed by atoms with Crippen LogP contribution in [0.15, 0.2) is 117 Å². The Morgan fingerprint density at radius 2 is 1.49 bits per heavy atom. The molecule has 1 atom stereocenters. The highest BCUT2D eigenvalue weighted by Crippen LogP contribution is 2.42. The second-order valence-electron chi connectivity index (χ2n) is 8.21. The summed E-state index contributed by atoms with van der Waals surface area (Å²) in [5.74, 6) is 1.01. The molecule has 1 amide bonds. The van der Waals surface area contributed by atoms with Gasteiger partial charge in [0.1, 0.15) is 17.1 Å². The summed E-state index contributed by atoms with van der Waals surface area (Å²) in [6, 6.07) is 30.7. The number of para-hydroxylation sites is 2. The van der Waals surface area contributed by atoms with Crippen LogP contribution in [0.25, 0.3) is 11.0 Å². The van der Waals surface area contributed by atoms with E-state index in [9.17, 15) is 9.59 Å². The van der Waals surface area contributed by atoms with E-state index in [-0.39, 0.29) is 17.1 Å². The van der Waals surface area contributed by atoms with Gasteiger partial charge < -0.3 is 9.15 Å². The highest BCUT2D eigenvalue weighted by atomic mass is 79.9. The number of benzene rings is 4. The van der Waals surface area contributed by atoms with E-state index < -0.39 is 6.04 Å². The molecule has 0 saturated carbocycles. The molecular formula is C29H18BrNO4. The Balaban J connectivity index is 1.55. The first-order valence-electron chi connectivity index (χ1n) is 11.1. The molecule has 5 aromatic rings. The van der Waals surface area contributed by atoms with Gasteiger partial charge in [-0.15, -0.1) is 0 Å². The lowest BCUT2D eigenvalue weighted by Crippen LogP contribution is -2.29.